The first-order valence-electron chi connectivity index (χ1n) is 3.86. The lowest BCUT2D eigenvalue weighted by Gasteiger charge is -2.19. The number of halogens is 7. The van der Waals surface area contributed by atoms with Gasteiger partial charge >= 0.3 is 11.0 Å². The van der Waals surface area contributed by atoms with Gasteiger partial charge in [-0.15, -0.1) is 0 Å². The number of hydrogen-bond donors (Lipinski definition) is 0. The first-order valence-corrected chi connectivity index (χ1v) is 6.95. The van der Waals surface area contributed by atoms with Gasteiger partial charge in [0.2, 0.25) is 0 Å². The monoisotopic (exact) mass is 326 g/mol. The Morgan fingerprint density at radius 1 is 0.778 bits per heavy atom. The standard InChI is InChI=1S/C5H5F7O4S2/c6-2-1-3(17(13,14)4(7,8)9)18(15,16)5(10,11)12/h3H,1-2H2. The van der Waals surface area contributed by atoms with Gasteiger partial charge in [-0.05, 0) is 0 Å². The largest absolute Gasteiger partial charge is 0.498 e. The van der Waals surface area contributed by atoms with Crippen molar-refractivity contribution in [2.75, 3.05) is 6.67 Å². The van der Waals surface area contributed by atoms with Crippen LogP contribution in [0.2, 0.25) is 0 Å². The molecule has 0 aliphatic carbocycles. The van der Waals surface area contributed by atoms with Crippen molar-refractivity contribution >= 4 is 19.7 Å². The SMILES string of the molecule is O=S(=O)(C(CCF)S(=O)(=O)C(F)(F)F)C(F)(F)F. The van der Waals surface area contributed by atoms with E-state index in [2.05, 4.69) is 0 Å². The topological polar surface area (TPSA) is 68.3 Å². The fourth-order valence-electron chi connectivity index (χ4n) is 0.864. The van der Waals surface area contributed by atoms with E-state index in [9.17, 15) is 47.6 Å². The molecule has 0 atom stereocenters. The highest BCUT2D eigenvalue weighted by atomic mass is 32.3. The van der Waals surface area contributed by atoms with Gasteiger partial charge in [0, 0.05) is 6.42 Å². The summed E-state index contributed by atoms with van der Waals surface area (Å²) in [6.07, 6.45) is -1.95. The van der Waals surface area contributed by atoms with E-state index in [4.69, 9.17) is 0 Å². The molecule has 0 saturated carbocycles. The Morgan fingerprint density at radius 3 is 1.22 bits per heavy atom. The summed E-state index contributed by atoms with van der Waals surface area (Å²) in [5, 5.41) is 0. The van der Waals surface area contributed by atoms with Gasteiger partial charge in [-0.25, -0.2) is 16.8 Å². The molecular formula is C5H5F7O4S2. The molecule has 0 aliphatic heterocycles. The number of sulfone groups is 2. The Labute approximate surface area is 96.6 Å². The summed E-state index contributed by atoms with van der Waals surface area (Å²) < 4.78 is 122. The highest BCUT2D eigenvalue weighted by Crippen LogP contribution is 2.37. The summed E-state index contributed by atoms with van der Waals surface area (Å²) in [6.45, 7) is -1.98. The van der Waals surface area contributed by atoms with E-state index in [1.165, 1.54) is 0 Å². The van der Waals surface area contributed by atoms with Gasteiger partial charge < -0.3 is 0 Å². The maximum atomic E-state index is 12.0. The van der Waals surface area contributed by atoms with Crippen molar-refractivity contribution in [3.63, 3.8) is 0 Å². The third-order valence-corrected chi connectivity index (χ3v) is 6.35. The third-order valence-electron chi connectivity index (χ3n) is 1.68. The molecule has 0 amide bonds. The van der Waals surface area contributed by atoms with Crippen LogP contribution >= 0.6 is 0 Å². The van der Waals surface area contributed by atoms with E-state index in [1.54, 1.807) is 0 Å². The van der Waals surface area contributed by atoms with E-state index in [-0.39, 0.29) is 0 Å². The van der Waals surface area contributed by atoms with E-state index >= 15 is 0 Å². The second-order valence-electron chi connectivity index (χ2n) is 2.89. The molecule has 110 valence electrons. The van der Waals surface area contributed by atoms with Crippen molar-refractivity contribution < 1.29 is 47.6 Å². The van der Waals surface area contributed by atoms with Gasteiger partial charge in [0.1, 0.15) is 0 Å². The first kappa shape index (κ1) is 17.4. The minimum atomic E-state index is -6.69. The zero-order valence-electron chi connectivity index (χ0n) is 8.09. The Kier molecular flexibility index (Phi) is 4.67. The van der Waals surface area contributed by atoms with Crippen LogP contribution in [-0.4, -0.2) is 39.1 Å². The quantitative estimate of drug-likeness (QED) is 0.735. The summed E-state index contributed by atoms with van der Waals surface area (Å²) in [7, 11) is -13.4. The molecule has 0 rings (SSSR count). The molecule has 13 heteroatoms. The van der Waals surface area contributed by atoms with Crippen LogP contribution in [0.4, 0.5) is 30.7 Å². The molecule has 0 saturated heterocycles. The molecule has 18 heavy (non-hydrogen) atoms. The molecule has 0 N–H and O–H groups in total. The van der Waals surface area contributed by atoms with Crippen LogP contribution in [0.15, 0.2) is 0 Å². The predicted octanol–water partition coefficient (Wildman–Crippen LogP) is 1.54. The second kappa shape index (κ2) is 4.83. The zero-order chi connectivity index (χ0) is 15.0. The maximum absolute atomic E-state index is 12.0. The lowest BCUT2D eigenvalue weighted by Crippen LogP contribution is -2.45. The van der Waals surface area contributed by atoms with Gasteiger partial charge in [-0.1, -0.05) is 0 Å². The smallest absolute Gasteiger partial charge is 0.251 e. The highest BCUT2D eigenvalue weighted by molar-refractivity contribution is 8.09. The average molecular weight is 326 g/mol. The van der Waals surface area contributed by atoms with E-state index in [1.807, 2.05) is 0 Å². The molecule has 0 unspecified atom stereocenters. The average Bonchev–Trinajstić information content (AvgIpc) is 2.09. The highest BCUT2D eigenvalue weighted by Gasteiger charge is 2.62. The molecule has 0 heterocycles. The van der Waals surface area contributed by atoms with Crippen molar-refractivity contribution in [1.82, 2.24) is 0 Å². The van der Waals surface area contributed by atoms with E-state index in [0.29, 0.717) is 0 Å². The van der Waals surface area contributed by atoms with Crippen LogP contribution in [0, 0.1) is 0 Å². The van der Waals surface area contributed by atoms with Crippen LogP contribution in [-0.2, 0) is 19.7 Å². The van der Waals surface area contributed by atoms with Gasteiger partial charge in [-0.2, -0.15) is 26.3 Å². The van der Waals surface area contributed by atoms with Crippen molar-refractivity contribution in [3.05, 3.63) is 0 Å². The molecule has 0 fully saturated rings. The molecule has 4 nitrogen and oxygen atoms in total. The summed E-state index contributed by atoms with van der Waals surface area (Å²) in [6, 6.07) is 0. The number of hydrogen-bond acceptors (Lipinski definition) is 4. The van der Waals surface area contributed by atoms with Crippen LogP contribution in [0.5, 0.6) is 0 Å². The third kappa shape index (κ3) is 3.05. The van der Waals surface area contributed by atoms with Crippen LogP contribution in [0.1, 0.15) is 6.42 Å². The van der Waals surface area contributed by atoms with Crippen LogP contribution in [0.3, 0.4) is 0 Å². The predicted molar refractivity (Wildman–Crippen MR) is 44.3 cm³/mol. The molecule has 0 aromatic rings. The fraction of sp³-hybridized carbons (Fsp3) is 1.00. The summed E-state index contributed by atoms with van der Waals surface area (Å²) in [5.41, 5.74) is -12.5. The van der Waals surface area contributed by atoms with Gasteiger partial charge in [0.15, 0.2) is 4.58 Å². The Hall–Kier alpha value is -0.590. The number of rotatable bonds is 4. The Morgan fingerprint density at radius 2 is 1.06 bits per heavy atom. The molecule has 0 bridgehead atoms. The van der Waals surface area contributed by atoms with Gasteiger partial charge in [-0.3, -0.25) is 4.39 Å². The fourth-order valence-corrected chi connectivity index (χ4v) is 4.25. The second-order valence-corrected chi connectivity index (χ2v) is 7.43. The van der Waals surface area contributed by atoms with E-state index in [0.717, 1.165) is 0 Å². The van der Waals surface area contributed by atoms with Crippen LogP contribution in [0.25, 0.3) is 0 Å². The van der Waals surface area contributed by atoms with Crippen molar-refractivity contribution in [2.45, 2.75) is 22.0 Å². The zero-order valence-corrected chi connectivity index (χ0v) is 9.72. The van der Waals surface area contributed by atoms with Crippen molar-refractivity contribution in [3.8, 4) is 0 Å². The van der Waals surface area contributed by atoms with Crippen molar-refractivity contribution in [1.29, 1.82) is 0 Å². The van der Waals surface area contributed by atoms with Crippen LogP contribution < -0.4 is 0 Å². The maximum Gasteiger partial charge on any atom is 0.498 e. The lowest BCUT2D eigenvalue weighted by atomic mass is 10.5. The summed E-state index contributed by atoms with van der Waals surface area (Å²) >= 11 is 0. The molecule has 0 spiro atoms. The Balaban J connectivity index is 5.95. The Bertz CT molecular complexity index is 441. The summed E-state index contributed by atoms with van der Waals surface area (Å²) in [4.78, 5) is 0. The summed E-state index contributed by atoms with van der Waals surface area (Å²) in [5.74, 6) is 0. The van der Waals surface area contributed by atoms with Gasteiger partial charge in [0.05, 0.1) is 6.67 Å². The number of alkyl halides is 7. The molecular weight excluding hydrogens is 321 g/mol. The molecule has 0 aromatic heterocycles. The normalized spacial score (nSPS) is 15.1. The van der Waals surface area contributed by atoms with E-state index < -0.39 is 48.4 Å². The van der Waals surface area contributed by atoms with Crippen molar-refractivity contribution in [2.24, 2.45) is 0 Å². The molecule has 0 aromatic carbocycles. The first-order chi connectivity index (χ1) is 7.69. The lowest BCUT2D eigenvalue weighted by molar-refractivity contribution is -0.0472. The molecule has 0 aliphatic rings. The minimum absolute atomic E-state index is 1.95. The minimum Gasteiger partial charge on any atom is -0.251 e. The van der Waals surface area contributed by atoms with Gasteiger partial charge in [0.25, 0.3) is 19.7 Å². The molecule has 0 radical (unpaired) electrons.